The van der Waals surface area contributed by atoms with Gasteiger partial charge in [-0.2, -0.15) is 0 Å². The zero-order valence-corrected chi connectivity index (χ0v) is 15.6. The first-order valence-corrected chi connectivity index (χ1v) is 9.96. The fraction of sp³-hybridized carbons (Fsp3) is 0.235. The van der Waals surface area contributed by atoms with Crippen LogP contribution in [0.1, 0.15) is 5.56 Å². The molecule has 1 heterocycles. The van der Waals surface area contributed by atoms with Gasteiger partial charge in [-0.25, -0.2) is 8.42 Å². The fourth-order valence-corrected chi connectivity index (χ4v) is 3.45. The van der Waals surface area contributed by atoms with Gasteiger partial charge in [0.25, 0.3) is 5.69 Å². The number of sulfonamides is 1. The number of carbonyl (C=O) groups is 1. The summed E-state index contributed by atoms with van der Waals surface area (Å²) in [7, 11) is -3.83. The van der Waals surface area contributed by atoms with E-state index in [0.29, 0.717) is 11.5 Å². The van der Waals surface area contributed by atoms with Crippen LogP contribution in [0.25, 0.3) is 0 Å². The first-order valence-electron chi connectivity index (χ1n) is 8.11. The highest BCUT2D eigenvalue weighted by Gasteiger charge is 2.22. The van der Waals surface area contributed by atoms with Crippen LogP contribution in [0.2, 0.25) is 0 Å². The second-order valence-electron chi connectivity index (χ2n) is 6.01. The van der Waals surface area contributed by atoms with E-state index < -0.39 is 27.4 Å². The van der Waals surface area contributed by atoms with Crippen molar-refractivity contribution in [1.82, 2.24) is 5.32 Å². The Bertz CT molecular complexity index is 1020. The molecule has 2 aromatic carbocycles. The van der Waals surface area contributed by atoms with Crippen molar-refractivity contribution in [2.75, 3.05) is 23.9 Å². The summed E-state index contributed by atoms with van der Waals surface area (Å²) in [4.78, 5) is 22.6. The highest BCUT2D eigenvalue weighted by atomic mass is 32.2. The average Bonchev–Trinajstić information content (AvgIpc) is 3.11. The van der Waals surface area contributed by atoms with E-state index in [1.165, 1.54) is 18.2 Å². The third-order valence-corrected chi connectivity index (χ3v) is 5.08. The lowest BCUT2D eigenvalue weighted by Gasteiger charge is -2.21. The van der Waals surface area contributed by atoms with E-state index in [0.717, 1.165) is 22.2 Å². The number of benzene rings is 2. The Morgan fingerprint density at radius 2 is 1.96 bits per heavy atom. The molecule has 0 saturated heterocycles. The summed E-state index contributed by atoms with van der Waals surface area (Å²) in [5.74, 6) is 0.625. The van der Waals surface area contributed by atoms with Gasteiger partial charge < -0.3 is 14.8 Å². The van der Waals surface area contributed by atoms with Crippen molar-refractivity contribution in [2.24, 2.45) is 0 Å². The normalized spacial score (nSPS) is 12.5. The summed E-state index contributed by atoms with van der Waals surface area (Å²) in [6, 6.07) is 10.3. The van der Waals surface area contributed by atoms with Crippen LogP contribution in [0.5, 0.6) is 11.5 Å². The van der Waals surface area contributed by atoms with E-state index in [2.05, 4.69) is 5.32 Å². The van der Waals surface area contributed by atoms with E-state index in [1.54, 1.807) is 18.2 Å². The molecule has 3 rings (SSSR count). The monoisotopic (exact) mass is 407 g/mol. The highest BCUT2D eigenvalue weighted by molar-refractivity contribution is 7.92. The van der Waals surface area contributed by atoms with Crippen molar-refractivity contribution < 1.29 is 27.6 Å². The molecule has 0 saturated carbocycles. The molecule has 0 aliphatic carbocycles. The third kappa shape index (κ3) is 4.49. The Balaban J connectivity index is 1.70. The summed E-state index contributed by atoms with van der Waals surface area (Å²) in [6.07, 6.45) is 0.928. The third-order valence-electron chi connectivity index (χ3n) is 3.94. The predicted octanol–water partition coefficient (Wildman–Crippen LogP) is 1.41. The lowest BCUT2D eigenvalue weighted by atomic mass is 10.2. The number of nitro benzene ring substituents is 1. The smallest absolute Gasteiger partial charge is 0.271 e. The SMILES string of the molecule is CS(=O)(=O)N(CC(=O)NCc1ccc2c(c1)OCO2)c1cccc([N+](=O)[O-])c1. The molecule has 1 amide bonds. The van der Waals surface area contributed by atoms with Crippen molar-refractivity contribution in [3.8, 4) is 11.5 Å². The Labute approximate surface area is 160 Å². The van der Waals surface area contributed by atoms with Crippen molar-refractivity contribution in [1.29, 1.82) is 0 Å². The van der Waals surface area contributed by atoms with Crippen LogP contribution in [0.4, 0.5) is 11.4 Å². The second-order valence-corrected chi connectivity index (χ2v) is 7.92. The predicted molar refractivity (Wildman–Crippen MR) is 99.7 cm³/mol. The van der Waals surface area contributed by atoms with Crippen LogP contribution >= 0.6 is 0 Å². The van der Waals surface area contributed by atoms with E-state index in [-0.39, 0.29) is 24.7 Å². The minimum Gasteiger partial charge on any atom is -0.454 e. The maximum atomic E-state index is 12.3. The average molecular weight is 407 g/mol. The molecule has 0 fully saturated rings. The van der Waals surface area contributed by atoms with Gasteiger partial charge in [0.15, 0.2) is 11.5 Å². The van der Waals surface area contributed by atoms with Gasteiger partial charge in [0.05, 0.1) is 16.9 Å². The van der Waals surface area contributed by atoms with Crippen LogP contribution in [-0.2, 0) is 21.4 Å². The van der Waals surface area contributed by atoms with E-state index in [1.807, 2.05) is 0 Å². The number of fused-ring (bicyclic) bond motifs is 1. The maximum Gasteiger partial charge on any atom is 0.271 e. The second kappa shape index (κ2) is 7.72. The summed E-state index contributed by atoms with van der Waals surface area (Å²) >= 11 is 0. The van der Waals surface area contributed by atoms with Gasteiger partial charge in [-0.3, -0.25) is 19.2 Å². The number of nitrogens with one attached hydrogen (secondary N) is 1. The number of anilines is 1. The minimum atomic E-state index is -3.83. The van der Waals surface area contributed by atoms with Crippen molar-refractivity contribution in [3.05, 3.63) is 58.1 Å². The van der Waals surface area contributed by atoms with Crippen LogP contribution in [-0.4, -0.2) is 38.8 Å². The summed E-state index contributed by atoms with van der Waals surface area (Å²) in [5.41, 5.74) is 0.515. The highest BCUT2D eigenvalue weighted by Crippen LogP contribution is 2.32. The van der Waals surface area contributed by atoms with E-state index in [4.69, 9.17) is 9.47 Å². The molecule has 0 unspecified atom stereocenters. The minimum absolute atomic E-state index is 0.0370. The molecule has 1 aliphatic heterocycles. The molecule has 2 aromatic rings. The number of hydrogen-bond donors (Lipinski definition) is 1. The summed E-state index contributed by atoms with van der Waals surface area (Å²) in [6.45, 7) is -0.218. The van der Waals surface area contributed by atoms with Gasteiger partial charge >= 0.3 is 0 Å². The van der Waals surface area contributed by atoms with Crippen molar-refractivity contribution in [2.45, 2.75) is 6.54 Å². The van der Waals surface area contributed by atoms with E-state index >= 15 is 0 Å². The number of amides is 1. The number of non-ortho nitro benzene ring substituents is 1. The molecule has 0 atom stereocenters. The molecule has 28 heavy (non-hydrogen) atoms. The molecule has 1 N–H and O–H groups in total. The Kier molecular flexibility index (Phi) is 5.36. The molecule has 0 spiro atoms. The number of ether oxygens (including phenoxy) is 2. The van der Waals surface area contributed by atoms with Gasteiger partial charge in [0.1, 0.15) is 6.54 Å². The zero-order chi connectivity index (χ0) is 20.3. The molecule has 0 radical (unpaired) electrons. The molecule has 1 aliphatic rings. The molecule has 0 aromatic heterocycles. The van der Waals surface area contributed by atoms with Crippen molar-refractivity contribution >= 4 is 27.3 Å². The molecule has 11 heteroatoms. The Hall–Kier alpha value is -3.34. The zero-order valence-electron chi connectivity index (χ0n) is 14.8. The summed E-state index contributed by atoms with van der Waals surface area (Å²) < 4.78 is 35.5. The largest absolute Gasteiger partial charge is 0.454 e. The fourth-order valence-electron chi connectivity index (χ4n) is 2.60. The Morgan fingerprint density at radius 1 is 1.21 bits per heavy atom. The number of rotatable bonds is 7. The lowest BCUT2D eigenvalue weighted by Crippen LogP contribution is -2.40. The molecule has 0 bridgehead atoms. The van der Waals surface area contributed by atoms with E-state index in [9.17, 15) is 23.3 Å². The number of carbonyl (C=O) groups excluding carboxylic acids is 1. The van der Waals surface area contributed by atoms with Gasteiger partial charge in [-0.05, 0) is 23.8 Å². The first kappa shape index (κ1) is 19.4. The van der Waals surface area contributed by atoms with Crippen molar-refractivity contribution in [3.63, 3.8) is 0 Å². The molecule has 10 nitrogen and oxygen atoms in total. The van der Waals surface area contributed by atoms with Crippen LogP contribution in [0, 0.1) is 10.1 Å². The standard InChI is InChI=1S/C17H17N3O7S/c1-28(24,25)19(13-3-2-4-14(8-13)20(22)23)10-17(21)18-9-12-5-6-15-16(7-12)27-11-26-15/h2-8H,9-11H2,1H3,(H,18,21). The topological polar surface area (TPSA) is 128 Å². The van der Waals surface area contributed by atoms with Gasteiger partial charge in [0, 0.05) is 18.7 Å². The Morgan fingerprint density at radius 3 is 2.68 bits per heavy atom. The molecular formula is C17H17N3O7S. The molecule has 148 valence electrons. The van der Waals surface area contributed by atoms with Crippen LogP contribution < -0.4 is 19.1 Å². The van der Waals surface area contributed by atoms with Gasteiger partial charge in [-0.15, -0.1) is 0 Å². The van der Waals surface area contributed by atoms with Crippen LogP contribution in [0.15, 0.2) is 42.5 Å². The van der Waals surface area contributed by atoms with Gasteiger partial charge in [0.2, 0.25) is 22.7 Å². The lowest BCUT2D eigenvalue weighted by molar-refractivity contribution is -0.384. The quantitative estimate of drug-likeness (QED) is 0.543. The van der Waals surface area contributed by atoms with Crippen LogP contribution in [0.3, 0.4) is 0 Å². The first-order chi connectivity index (χ1) is 13.2. The van der Waals surface area contributed by atoms with Gasteiger partial charge in [-0.1, -0.05) is 12.1 Å². The number of nitrogens with zero attached hydrogens (tertiary/aromatic N) is 2. The number of nitro groups is 1. The number of hydrogen-bond acceptors (Lipinski definition) is 7. The summed E-state index contributed by atoms with van der Waals surface area (Å²) in [5, 5.41) is 13.6. The molecular weight excluding hydrogens is 390 g/mol. The maximum absolute atomic E-state index is 12.3.